The summed E-state index contributed by atoms with van der Waals surface area (Å²) < 4.78 is 12.7. The van der Waals surface area contributed by atoms with E-state index in [9.17, 15) is 9.18 Å². The van der Waals surface area contributed by atoms with Gasteiger partial charge in [-0.2, -0.15) is 0 Å². The lowest BCUT2D eigenvalue weighted by molar-refractivity contribution is 0.0976. The number of halogens is 1. The van der Waals surface area contributed by atoms with Gasteiger partial charge in [-0.15, -0.1) is 0 Å². The fourth-order valence-electron chi connectivity index (χ4n) is 2.31. The van der Waals surface area contributed by atoms with Gasteiger partial charge in [-0.05, 0) is 50.2 Å². The Labute approximate surface area is 107 Å². The fourth-order valence-corrected chi connectivity index (χ4v) is 2.31. The zero-order valence-electron chi connectivity index (χ0n) is 10.4. The van der Waals surface area contributed by atoms with Gasteiger partial charge in [-0.3, -0.25) is 4.79 Å². The normalized spacial score (nSPS) is 20.2. The Hall–Kier alpha value is -1.26. The molecule has 0 aliphatic carbocycles. The average molecular weight is 250 g/mol. The van der Waals surface area contributed by atoms with Crippen LogP contribution >= 0.6 is 0 Å². The van der Waals surface area contributed by atoms with Crippen molar-refractivity contribution in [3.63, 3.8) is 0 Å². The van der Waals surface area contributed by atoms with Crippen LogP contribution in [0.2, 0.25) is 0 Å². The molecule has 2 N–H and O–H groups in total. The fraction of sp³-hybridized carbons (Fsp3) is 0.500. The molecule has 1 unspecified atom stereocenters. The number of carbonyl (C=O) groups excluding carboxylic acids is 1. The second kappa shape index (κ2) is 6.07. The summed E-state index contributed by atoms with van der Waals surface area (Å²) >= 11 is 0. The number of Topliss-reactive ketones (excluding diaryl/α,β-unsaturated/α-hetero) is 1. The molecule has 0 aromatic heterocycles. The van der Waals surface area contributed by atoms with Crippen molar-refractivity contribution in [3.8, 4) is 0 Å². The molecule has 0 spiro atoms. The van der Waals surface area contributed by atoms with E-state index in [-0.39, 0.29) is 17.6 Å². The molecule has 18 heavy (non-hydrogen) atoms. The summed E-state index contributed by atoms with van der Waals surface area (Å²) in [5.74, 6) is -0.226. The van der Waals surface area contributed by atoms with E-state index in [1.807, 2.05) is 0 Å². The highest BCUT2D eigenvalue weighted by Crippen LogP contribution is 2.10. The summed E-state index contributed by atoms with van der Waals surface area (Å²) in [4.78, 5) is 14.1. The largest absolute Gasteiger partial charge is 0.326 e. The molecule has 1 aromatic carbocycles. The molecule has 3 nitrogen and oxygen atoms in total. The maximum Gasteiger partial charge on any atom is 0.162 e. The standard InChI is InChI=1S/C14H19FN2O/c15-12-5-3-11(4-6-12)14(18)2-1-8-17-9-7-13(16)10-17/h3-6,13H,1-2,7-10,16H2. The third kappa shape index (κ3) is 3.62. The Balaban J connectivity index is 1.73. The van der Waals surface area contributed by atoms with Crippen molar-refractivity contribution in [3.05, 3.63) is 35.6 Å². The smallest absolute Gasteiger partial charge is 0.162 e. The molecule has 0 amide bonds. The van der Waals surface area contributed by atoms with E-state index in [1.165, 1.54) is 12.1 Å². The maximum atomic E-state index is 12.7. The van der Waals surface area contributed by atoms with E-state index in [4.69, 9.17) is 5.73 Å². The van der Waals surface area contributed by atoms with Gasteiger partial charge in [0.2, 0.25) is 0 Å². The quantitative estimate of drug-likeness (QED) is 0.811. The highest BCUT2D eigenvalue weighted by atomic mass is 19.1. The van der Waals surface area contributed by atoms with Crippen LogP contribution in [0.4, 0.5) is 4.39 Å². The lowest BCUT2D eigenvalue weighted by atomic mass is 10.1. The lowest BCUT2D eigenvalue weighted by Crippen LogP contribution is -2.27. The van der Waals surface area contributed by atoms with Gasteiger partial charge in [-0.25, -0.2) is 4.39 Å². The molecule has 1 atom stereocenters. The van der Waals surface area contributed by atoms with Crippen molar-refractivity contribution < 1.29 is 9.18 Å². The minimum Gasteiger partial charge on any atom is -0.326 e. The van der Waals surface area contributed by atoms with Gasteiger partial charge in [-0.1, -0.05) is 0 Å². The van der Waals surface area contributed by atoms with Gasteiger partial charge in [0.15, 0.2) is 5.78 Å². The lowest BCUT2D eigenvalue weighted by Gasteiger charge is -2.14. The number of ketones is 1. The SMILES string of the molecule is NC1CCN(CCCC(=O)c2ccc(F)cc2)C1. The predicted octanol–water partition coefficient (Wildman–Crippen LogP) is 1.82. The minimum absolute atomic E-state index is 0.0819. The molecule has 2 rings (SSSR count). The highest BCUT2D eigenvalue weighted by molar-refractivity contribution is 5.95. The molecule has 1 fully saturated rings. The van der Waals surface area contributed by atoms with Crippen LogP contribution in [-0.2, 0) is 0 Å². The van der Waals surface area contributed by atoms with Crippen LogP contribution in [0.1, 0.15) is 29.6 Å². The first-order valence-corrected chi connectivity index (χ1v) is 6.42. The highest BCUT2D eigenvalue weighted by Gasteiger charge is 2.18. The number of rotatable bonds is 5. The first kappa shape index (κ1) is 13.2. The summed E-state index contributed by atoms with van der Waals surface area (Å²) in [5, 5.41) is 0. The van der Waals surface area contributed by atoms with E-state index in [0.717, 1.165) is 32.5 Å². The molecule has 4 heteroatoms. The van der Waals surface area contributed by atoms with Crippen molar-refractivity contribution in [2.45, 2.75) is 25.3 Å². The molecule has 98 valence electrons. The monoisotopic (exact) mass is 250 g/mol. The van der Waals surface area contributed by atoms with Crippen LogP contribution in [0.3, 0.4) is 0 Å². The number of nitrogens with zero attached hydrogens (tertiary/aromatic N) is 1. The van der Waals surface area contributed by atoms with Gasteiger partial charge < -0.3 is 10.6 Å². The van der Waals surface area contributed by atoms with E-state index in [1.54, 1.807) is 12.1 Å². The molecule has 0 bridgehead atoms. The number of hydrogen-bond donors (Lipinski definition) is 1. The van der Waals surface area contributed by atoms with Crippen molar-refractivity contribution in [2.24, 2.45) is 5.73 Å². The van der Waals surface area contributed by atoms with Gasteiger partial charge in [0, 0.05) is 24.6 Å². The Bertz CT molecular complexity index is 405. The van der Waals surface area contributed by atoms with Crippen LogP contribution in [0.15, 0.2) is 24.3 Å². The molecule has 0 saturated carbocycles. The average Bonchev–Trinajstić information content (AvgIpc) is 2.76. The Kier molecular flexibility index (Phi) is 4.44. The molecule has 0 radical (unpaired) electrons. The number of carbonyl (C=O) groups is 1. The van der Waals surface area contributed by atoms with Gasteiger partial charge >= 0.3 is 0 Å². The summed E-state index contributed by atoms with van der Waals surface area (Å²) in [5.41, 5.74) is 6.41. The third-order valence-electron chi connectivity index (χ3n) is 3.35. The third-order valence-corrected chi connectivity index (χ3v) is 3.35. The molecule has 1 aliphatic rings. The van der Waals surface area contributed by atoms with Crippen molar-refractivity contribution in [1.29, 1.82) is 0 Å². The maximum absolute atomic E-state index is 12.7. The molecule has 1 aliphatic heterocycles. The zero-order chi connectivity index (χ0) is 13.0. The Morgan fingerprint density at radius 3 is 2.72 bits per heavy atom. The molecular formula is C14H19FN2O. The molecular weight excluding hydrogens is 231 g/mol. The first-order valence-electron chi connectivity index (χ1n) is 6.42. The Morgan fingerprint density at radius 1 is 1.39 bits per heavy atom. The van der Waals surface area contributed by atoms with Crippen molar-refractivity contribution in [2.75, 3.05) is 19.6 Å². The number of hydrogen-bond acceptors (Lipinski definition) is 3. The van der Waals surface area contributed by atoms with E-state index in [2.05, 4.69) is 4.90 Å². The summed E-state index contributed by atoms with van der Waals surface area (Å²) in [7, 11) is 0. The van der Waals surface area contributed by atoms with Crippen molar-refractivity contribution in [1.82, 2.24) is 4.90 Å². The summed E-state index contributed by atoms with van der Waals surface area (Å²) in [6.07, 6.45) is 2.40. The topological polar surface area (TPSA) is 46.3 Å². The van der Waals surface area contributed by atoms with E-state index >= 15 is 0 Å². The molecule has 1 heterocycles. The van der Waals surface area contributed by atoms with E-state index < -0.39 is 0 Å². The van der Waals surface area contributed by atoms with Crippen LogP contribution < -0.4 is 5.73 Å². The van der Waals surface area contributed by atoms with Gasteiger partial charge in [0.1, 0.15) is 5.82 Å². The van der Waals surface area contributed by atoms with Gasteiger partial charge in [0.25, 0.3) is 0 Å². The predicted molar refractivity (Wildman–Crippen MR) is 69.0 cm³/mol. The Morgan fingerprint density at radius 2 is 2.11 bits per heavy atom. The number of nitrogens with two attached hydrogens (primary N) is 1. The molecule has 1 aromatic rings. The zero-order valence-corrected chi connectivity index (χ0v) is 10.4. The van der Waals surface area contributed by atoms with Crippen LogP contribution in [0.5, 0.6) is 0 Å². The van der Waals surface area contributed by atoms with Gasteiger partial charge in [0.05, 0.1) is 0 Å². The van der Waals surface area contributed by atoms with Crippen LogP contribution in [0.25, 0.3) is 0 Å². The second-order valence-electron chi connectivity index (χ2n) is 4.88. The number of benzene rings is 1. The first-order chi connectivity index (χ1) is 8.65. The van der Waals surface area contributed by atoms with Crippen LogP contribution in [-0.4, -0.2) is 36.4 Å². The van der Waals surface area contributed by atoms with Crippen LogP contribution in [0, 0.1) is 5.82 Å². The number of likely N-dealkylation sites (tertiary alicyclic amines) is 1. The molecule has 1 saturated heterocycles. The summed E-state index contributed by atoms with van der Waals surface area (Å²) in [6, 6.07) is 6.03. The van der Waals surface area contributed by atoms with Crippen molar-refractivity contribution >= 4 is 5.78 Å². The second-order valence-corrected chi connectivity index (χ2v) is 4.88. The summed E-state index contributed by atoms with van der Waals surface area (Å²) in [6.45, 7) is 2.89. The minimum atomic E-state index is -0.308. The van der Waals surface area contributed by atoms with E-state index in [0.29, 0.717) is 12.0 Å².